The summed E-state index contributed by atoms with van der Waals surface area (Å²) in [7, 11) is -3.55. The number of rotatable bonds is 5. The van der Waals surface area contributed by atoms with Gasteiger partial charge in [-0.2, -0.15) is 5.10 Å². The molecule has 1 aromatic carbocycles. The van der Waals surface area contributed by atoms with Crippen LogP contribution >= 0.6 is 0 Å². The second-order valence-corrected chi connectivity index (χ2v) is 6.83. The Morgan fingerprint density at radius 2 is 1.95 bits per heavy atom. The Morgan fingerprint density at radius 1 is 1.29 bits per heavy atom. The van der Waals surface area contributed by atoms with E-state index in [9.17, 15) is 8.42 Å². The van der Waals surface area contributed by atoms with Gasteiger partial charge in [-0.1, -0.05) is 25.1 Å². The predicted molar refractivity (Wildman–Crippen MR) is 82.6 cm³/mol. The van der Waals surface area contributed by atoms with Crippen LogP contribution in [0.5, 0.6) is 0 Å². The van der Waals surface area contributed by atoms with Crippen LogP contribution in [-0.2, 0) is 16.4 Å². The van der Waals surface area contributed by atoms with E-state index in [4.69, 9.17) is 0 Å². The zero-order valence-electron chi connectivity index (χ0n) is 12.8. The highest BCUT2D eigenvalue weighted by atomic mass is 32.2. The molecule has 0 aliphatic carbocycles. The van der Waals surface area contributed by atoms with E-state index >= 15 is 0 Å². The van der Waals surface area contributed by atoms with Crippen LogP contribution in [0, 0.1) is 13.8 Å². The normalized spacial score (nSPS) is 13.3. The van der Waals surface area contributed by atoms with Gasteiger partial charge in [0.15, 0.2) is 0 Å². The molecule has 6 heteroatoms. The van der Waals surface area contributed by atoms with Crippen molar-refractivity contribution in [2.75, 3.05) is 0 Å². The predicted octanol–water partition coefficient (Wildman–Crippen LogP) is 2.63. The van der Waals surface area contributed by atoms with Crippen molar-refractivity contribution in [1.82, 2.24) is 14.9 Å². The van der Waals surface area contributed by atoms with E-state index in [1.165, 1.54) is 0 Å². The van der Waals surface area contributed by atoms with Crippen LogP contribution in [0.25, 0.3) is 0 Å². The summed E-state index contributed by atoms with van der Waals surface area (Å²) in [6.07, 6.45) is 0.676. The minimum Gasteiger partial charge on any atom is -0.282 e. The zero-order chi connectivity index (χ0) is 15.6. The Kier molecular flexibility index (Phi) is 4.49. The Hall–Kier alpha value is -1.66. The number of nitrogens with one attached hydrogen (secondary N) is 2. The molecule has 21 heavy (non-hydrogen) atoms. The van der Waals surface area contributed by atoms with Crippen LogP contribution < -0.4 is 4.72 Å². The highest BCUT2D eigenvalue weighted by Gasteiger charge is 2.23. The third-order valence-corrected chi connectivity index (χ3v) is 5.23. The SMILES string of the molecule is CCc1ccccc1S(=O)(=O)NC(C)c1c(C)n[nH]c1C. The van der Waals surface area contributed by atoms with Crippen molar-refractivity contribution in [3.8, 4) is 0 Å². The fraction of sp³-hybridized carbons (Fsp3) is 0.400. The molecule has 0 fully saturated rings. The average Bonchev–Trinajstić information content (AvgIpc) is 2.77. The summed E-state index contributed by atoms with van der Waals surface area (Å²) < 4.78 is 27.9. The summed E-state index contributed by atoms with van der Waals surface area (Å²) in [5.74, 6) is 0. The van der Waals surface area contributed by atoms with Crippen LogP contribution in [0.15, 0.2) is 29.2 Å². The van der Waals surface area contributed by atoms with Gasteiger partial charge in [-0.3, -0.25) is 5.10 Å². The highest BCUT2D eigenvalue weighted by Crippen LogP contribution is 2.23. The topological polar surface area (TPSA) is 74.8 Å². The van der Waals surface area contributed by atoms with Gasteiger partial charge in [-0.05, 0) is 38.8 Å². The summed E-state index contributed by atoms with van der Waals surface area (Å²) in [5, 5.41) is 6.99. The molecule has 0 saturated carbocycles. The molecule has 114 valence electrons. The van der Waals surface area contributed by atoms with Gasteiger partial charge in [0.1, 0.15) is 0 Å². The van der Waals surface area contributed by atoms with Crippen molar-refractivity contribution in [2.24, 2.45) is 0 Å². The van der Waals surface area contributed by atoms with Crippen LogP contribution in [0.2, 0.25) is 0 Å². The van der Waals surface area contributed by atoms with Crippen LogP contribution in [0.3, 0.4) is 0 Å². The first-order valence-corrected chi connectivity index (χ1v) is 8.46. The summed E-state index contributed by atoms with van der Waals surface area (Å²) in [6, 6.07) is 6.74. The van der Waals surface area contributed by atoms with Crippen molar-refractivity contribution in [3.05, 3.63) is 46.8 Å². The van der Waals surface area contributed by atoms with E-state index < -0.39 is 10.0 Å². The lowest BCUT2D eigenvalue weighted by Gasteiger charge is -2.16. The summed E-state index contributed by atoms with van der Waals surface area (Å²) in [4.78, 5) is 0.346. The third-order valence-electron chi connectivity index (χ3n) is 3.59. The lowest BCUT2D eigenvalue weighted by atomic mass is 10.1. The largest absolute Gasteiger partial charge is 0.282 e. The molecule has 0 bridgehead atoms. The van der Waals surface area contributed by atoms with Crippen LogP contribution in [0.1, 0.15) is 42.4 Å². The number of sulfonamides is 1. The minimum atomic E-state index is -3.55. The van der Waals surface area contributed by atoms with E-state index in [1.807, 2.05) is 39.8 Å². The summed E-state index contributed by atoms with van der Waals surface area (Å²) in [5.41, 5.74) is 3.41. The van der Waals surface area contributed by atoms with Gasteiger partial charge < -0.3 is 0 Å². The quantitative estimate of drug-likeness (QED) is 0.891. The number of hydrogen-bond donors (Lipinski definition) is 2. The zero-order valence-corrected chi connectivity index (χ0v) is 13.6. The first-order valence-electron chi connectivity index (χ1n) is 6.98. The molecule has 2 aromatic rings. The number of aromatic nitrogens is 2. The molecule has 0 aliphatic heterocycles. The maximum absolute atomic E-state index is 12.6. The lowest BCUT2D eigenvalue weighted by Crippen LogP contribution is -2.28. The van der Waals surface area contributed by atoms with Crippen molar-refractivity contribution < 1.29 is 8.42 Å². The Balaban J connectivity index is 2.34. The molecule has 1 aromatic heterocycles. The number of nitrogens with zero attached hydrogens (tertiary/aromatic N) is 1. The molecule has 2 N–H and O–H groups in total. The molecule has 0 radical (unpaired) electrons. The number of H-pyrrole nitrogens is 1. The molecule has 0 aliphatic rings. The van der Waals surface area contributed by atoms with Gasteiger partial charge in [0.05, 0.1) is 10.6 Å². The van der Waals surface area contributed by atoms with Gasteiger partial charge in [0.2, 0.25) is 10.0 Å². The standard InChI is InChI=1S/C15H21N3O2S/c1-5-13-8-6-7-9-14(13)21(19,20)18-12(4)15-10(2)16-17-11(15)3/h6-9,12,18H,5H2,1-4H3,(H,16,17). The average molecular weight is 307 g/mol. The molecule has 1 atom stereocenters. The van der Waals surface area contributed by atoms with E-state index in [0.29, 0.717) is 11.3 Å². The highest BCUT2D eigenvalue weighted by molar-refractivity contribution is 7.89. The Bertz CT molecular complexity index is 716. The molecular formula is C15H21N3O2S. The van der Waals surface area contributed by atoms with E-state index in [1.54, 1.807) is 12.1 Å². The molecule has 2 rings (SSSR count). The first-order chi connectivity index (χ1) is 9.86. The van der Waals surface area contributed by atoms with Gasteiger partial charge in [0.25, 0.3) is 0 Å². The maximum atomic E-state index is 12.6. The van der Waals surface area contributed by atoms with Crippen LogP contribution in [-0.4, -0.2) is 18.6 Å². The van der Waals surface area contributed by atoms with Crippen molar-refractivity contribution in [1.29, 1.82) is 0 Å². The third kappa shape index (κ3) is 3.16. The smallest absolute Gasteiger partial charge is 0.241 e. The fourth-order valence-corrected chi connectivity index (χ4v) is 4.14. The summed E-state index contributed by atoms with van der Waals surface area (Å²) in [6.45, 7) is 7.53. The van der Waals surface area contributed by atoms with Gasteiger partial charge in [-0.25, -0.2) is 13.1 Å². The Morgan fingerprint density at radius 3 is 2.52 bits per heavy atom. The molecule has 0 spiro atoms. The van der Waals surface area contributed by atoms with Gasteiger partial charge in [0, 0.05) is 17.3 Å². The fourth-order valence-electron chi connectivity index (χ4n) is 2.61. The molecule has 0 amide bonds. The van der Waals surface area contributed by atoms with Crippen molar-refractivity contribution in [3.63, 3.8) is 0 Å². The number of aryl methyl sites for hydroxylation is 3. The van der Waals surface area contributed by atoms with E-state index in [2.05, 4.69) is 14.9 Å². The molecule has 1 unspecified atom stereocenters. The Labute approximate surface area is 125 Å². The van der Waals surface area contributed by atoms with E-state index in [-0.39, 0.29) is 6.04 Å². The van der Waals surface area contributed by atoms with E-state index in [0.717, 1.165) is 22.5 Å². The molecule has 0 saturated heterocycles. The monoisotopic (exact) mass is 307 g/mol. The molecular weight excluding hydrogens is 286 g/mol. The number of hydrogen-bond acceptors (Lipinski definition) is 3. The van der Waals surface area contributed by atoms with Crippen molar-refractivity contribution >= 4 is 10.0 Å². The second kappa shape index (κ2) is 5.99. The second-order valence-electron chi connectivity index (χ2n) is 5.15. The summed E-state index contributed by atoms with van der Waals surface area (Å²) >= 11 is 0. The van der Waals surface area contributed by atoms with Crippen LogP contribution in [0.4, 0.5) is 0 Å². The van der Waals surface area contributed by atoms with Gasteiger partial charge >= 0.3 is 0 Å². The number of aromatic amines is 1. The lowest BCUT2D eigenvalue weighted by molar-refractivity contribution is 0.565. The first kappa shape index (κ1) is 15.7. The van der Waals surface area contributed by atoms with Crippen molar-refractivity contribution in [2.45, 2.75) is 45.1 Å². The minimum absolute atomic E-state index is 0.335. The molecule has 1 heterocycles. The maximum Gasteiger partial charge on any atom is 0.241 e. The number of benzene rings is 1. The van der Waals surface area contributed by atoms with Gasteiger partial charge in [-0.15, -0.1) is 0 Å². The molecule has 5 nitrogen and oxygen atoms in total.